The Morgan fingerprint density at radius 2 is 1.72 bits per heavy atom. The highest BCUT2D eigenvalue weighted by molar-refractivity contribution is 5.66. The third-order valence-corrected chi connectivity index (χ3v) is 4.57. The third kappa shape index (κ3) is 8.70. The van der Waals surface area contributed by atoms with Crippen molar-refractivity contribution in [1.82, 2.24) is 9.99 Å². The van der Waals surface area contributed by atoms with Crippen LogP contribution >= 0.6 is 0 Å². The quantitative estimate of drug-likeness (QED) is 0.286. The summed E-state index contributed by atoms with van der Waals surface area (Å²) in [7, 11) is 0. The average Bonchev–Trinajstić information content (AvgIpc) is 3.52. The summed E-state index contributed by atoms with van der Waals surface area (Å²) in [6.07, 6.45) is 4.32. The lowest BCUT2D eigenvalue weighted by molar-refractivity contribution is -0.274. The summed E-state index contributed by atoms with van der Waals surface area (Å²) in [5, 5.41) is 9.08. The predicted molar refractivity (Wildman–Crippen MR) is 118 cm³/mol. The fraction of sp³-hybridized carbons (Fsp3) is 0.208. The number of benzene rings is 2. The smallest absolute Gasteiger partial charge is 0.573 e. The maximum absolute atomic E-state index is 12.2. The van der Waals surface area contributed by atoms with Crippen molar-refractivity contribution in [1.29, 1.82) is 0 Å². The van der Waals surface area contributed by atoms with Gasteiger partial charge in [-0.3, -0.25) is 0 Å². The van der Waals surface area contributed by atoms with Crippen LogP contribution in [0.25, 0.3) is 12.2 Å². The van der Waals surface area contributed by atoms with Gasteiger partial charge in [0.15, 0.2) is 0 Å². The van der Waals surface area contributed by atoms with E-state index >= 15 is 0 Å². The molecule has 188 valence electrons. The van der Waals surface area contributed by atoms with Gasteiger partial charge in [-0.1, -0.05) is 24.3 Å². The molecule has 1 aliphatic heterocycles. The lowest BCUT2D eigenvalue weighted by Crippen LogP contribution is -3.00. The van der Waals surface area contributed by atoms with E-state index in [1.165, 1.54) is 30.5 Å². The molecule has 0 saturated heterocycles. The normalized spacial score (nSPS) is 12.6. The van der Waals surface area contributed by atoms with E-state index < -0.39 is 6.36 Å². The van der Waals surface area contributed by atoms with E-state index in [1.54, 1.807) is 23.4 Å². The van der Waals surface area contributed by atoms with Crippen LogP contribution in [0.2, 0.25) is 0 Å². The molecule has 0 amide bonds. The standard InChI is InChI=1S/C24H20F3N4O4.ClH/c25-24(26,27)35-22-8-1-18(2-9-22)5-10-23-29-20(17-34-23)16-33-21-6-3-19(4-7-21)15-32-14-13-31-12-11-28-30-31;/h1-10,12,17H,13-16H2;1H/q+1;/p-1. The molecule has 0 saturated carbocycles. The van der Waals surface area contributed by atoms with E-state index in [9.17, 15) is 13.2 Å². The second-order valence-electron chi connectivity index (χ2n) is 7.22. The minimum Gasteiger partial charge on any atom is -1.00 e. The van der Waals surface area contributed by atoms with E-state index in [4.69, 9.17) is 13.9 Å². The Morgan fingerprint density at radius 1 is 0.972 bits per heavy atom. The lowest BCUT2D eigenvalue weighted by Gasteiger charge is -2.08. The highest BCUT2D eigenvalue weighted by Crippen LogP contribution is 2.23. The van der Waals surface area contributed by atoms with Crippen molar-refractivity contribution in [3.8, 4) is 11.5 Å². The monoisotopic (exact) mass is 520 g/mol. The molecule has 0 N–H and O–H groups in total. The van der Waals surface area contributed by atoms with Crippen molar-refractivity contribution in [3.05, 3.63) is 89.9 Å². The Kier molecular flexibility index (Phi) is 9.40. The maximum atomic E-state index is 12.2. The number of rotatable bonds is 11. The van der Waals surface area contributed by atoms with Crippen LogP contribution in [0, 0.1) is 6.20 Å². The van der Waals surface area contributed by atoms with Gasteiger partial charge in [-0.25, -0.2) is 4.98 Å². The lowest BCUT2D eigenvalue weighted by atomic mass is 10.2. The molecule has 12 heteroatoms. The van der Waals surface area contributed by atoms with Crippen molar-refractivity contribution < 1.29 is 44.2 Å². The van der Waals surface area contributed by atoms with Crippen molar-refractivity contribution in [2.24, 2.45) is 10.3 Å². The minimum absolute atomic E-state index is 0. The van der Waals surface area contributed by atoms with Gasteiger partial charge in [-0.05, 0) is 46.7 Å². The minimum atomic E-state index is -4.72. The highest BCUT2D eigenvalue weighted by atomic mass is 35.5. The first-order chi connectivity index (χ1) is 16.9. The molecule has 0 spiro atoms. The van der Waals surface area contributed by atoms with Crippen molar-refractivity contribution >= 4 is 12.2 Å². The van der Waals surface area contributed by atoms with Gasteiger partial charge in [0.25, 0.3) is 0 Å². The maximum Gasteiger partial charge on any atom is 0.573 e. The number of hydrogen-bond donors (Lipinski definition) is 0. The van der Waals surface area contributed by atoms with E-state index in [1.807, 2.05) is 24.3 Å². The van der Waals surface area contributed by atoms with Crippen molar-refractivity contribution in [2.45, 2.75) is 19.6 Å². The number of halogens is 4. The van der Waals surface area contributed by atoms with Crippen LogP contribution in [0.15, 0.2) is 75.7 Å². The zero-order valence-electron chi connectivity index (χ0n) is 18.7. The summed E-state index contributed by atoms with van der Waals surface area (Å²) in [6.45, 7) is 1.80. The summed E-state index contributed by atoms with van der Waals surface area (Å²) in [5.74, 6) is 0.733. The molecule has 0 fully saturated rings. The number of hydrogen-bond acceptors (Lipinski definition) is 8. The van der Waals surface area contributed by atoms with E-state index in [-0.39, 0.29) is 24.8 Å². The molecule has 2 heterocycles. The number of alkyl halides is 3. The number of oxazole rings is 1. The van der Waals surface area contributed by atoms with Gasteiger partial charge in [-0.15, -0.1) is 13.2 Å². The summed E-state index contributed by atoms with van der Waals surface area (Å²) in [4.78, 5) is 4.31. The first-order valence-corrected chi connectivity index (χ1v) is 10.5. The first kappa shape index (κ1) is 26.7. The topological polar surface area (TPSA) is 81.7 Å². The van der Waals surface area contributed by atoms with Gasteiger partial charge in [0.2, 0.25) is 5.89 Å². The predicted octanol–water partition coefficient (Wildman–Crippen LogP) is 2.80. The molecule has 8 nitrogen and oxygen atoms in total. The molecule has 0 radical (unpaired) electrons. The Morgan fingerprint density at radius 3 is 2.42 bits per heavy atom. The van der Waals surface area contributed by atoms with Crippen molar-refractivity contribution in [3.63, 3.8) is 0 Å². The molecule has 0 atom stereocenters. The molecule has 0 aliphatic carbocycles. The molecular formula is C24H20ClF3N4O4. The fourth-order valence-corrected chi connectivity index (χ4v) is 2.91. The summed E-state index contributed by atoms with van der Waals surface area (Å²) in [6, 6.07) is 13.0. The first-order valence-electron chi connectivity index (χ1n) is 10.5. The van der Waals surface area contributed by atoms with Gasteiger partial charge in [0.1, 0.15) is 35.2 Å². The van der Waals surface area contributed by atoms with Crippen LogP contribution < -0.4 is 21.9 Å². The number of nitrogens with zero attached hydrogens (tertiary/aromatic N) is 4. The Balaban J connectivity index is 0.00000361. The van der Waals surface area contributed by atoms with E-state index in [0.717, 1.165) is 5.56 Å². The van der Waals surface area contributed by atoms with Crippen LogP contribution in [0.1, 0.15) is 22.7 Å². The molecular weight excluding hydrogens is 501 g/mol. The SMILES string of the molecule is FC(F)(F)Oc1ccc(C=Cc2nc(COc3ccc(COCCN4C=[C+]N=N4)cc3)co2)cc1.[Cl-]. The van der Waals surface area contributed by atoms with Gasteiger partial charge >= 0.3 is 18.8 Å². The Hall–Kier alpha value is -3.92. The molecule has 3 aromatic rings. The molecule has 36 heavy (non-hydrogen) atoms. The van der Waals surface area contributed by atoms with Crippen LogP contribution in [-0.2, 0) is 18.0 Å². The summed E-state index contributed by atoms with van der Waals surface area (Å²) in [5.41, 5.74) is 2.27. The van der Waals surface area contributed by atoms with Gasteiger partial charge < -0.3 is 31.0 Å². The van der Waals surface area contributed by atoms with E-state index in [0.29, 0.717) is 42.7 Å². The fourth-order valence-electron chi connectivity index (χ4n) is 2.91. The second-order valence-corrected chi connectivity index (χ2v) is 7.22. The molecule has 2 aromatic carbocycles. The molecule has 1 aromatic heterocycles. The second kappa shape index (κ2) is 12.7. The van der Waals surface area contributed by atoms with Crippen molar-refractivity contribution in [2.75, 3.05) is 13.2 Å². The molecule has 1 aliphatic rings. The third-order valence-electron chi connectivity index (χ3n) is 4.57. The Labute approximate surface area is 211 Å². The zero-order chi connectivity index (χ0) is 24.5. The van der Waals surface area contributed by atoms with Crippen LogP contribution in [0.5, 0.6) is 11.5 Å². The van der Waals surface area contributed by atoms with Gasteiger partial charge in [-0.2, -0.15) is 5.01 Å². The molecule has 0 bridgehead atoms. The molecule has 0 unspecified atom stereocenters. The van der Waals surface area contributed by atoms with Crippen LogP contribution in [-0.4, -0.2) is 29.5 Å². The summed E-state index contributed by atoms with van der Waals surface area (Å²) < 4.78 is 57.3. The molecule has 4 rings (SSSR count). The summed E-state index contributed by atoms with van der Waals surface area (Å²) >= 11 is 0. The van der Waals surface area contributed by atoms with Crippen LogP contribution in [0.4, 0.5) is 13.2 Å². The Bertz CT molecular complexity index is 1170. The van der Waals surface area contributed by atoms with E-state index in [2.05, 4.69) is 26.3 Å². The van der Waals surface area contributed by atoms with Crippen LogP contribution in [0.3, 0.4) is 0 Å². The largest absolute Gasteiger partial charge is 1.00 e. The van der Waals surface area contributed by atoms with Gasteiger partial charge in [0, 0.05) is 6.08 Å². The zero-order valence-corrected chi connectivity index (χ0v) is 19.4. The highest BCUT2D eigenvalue weighted by Gasteiger charge is 2.30. The van der Waals surface area contributed by atoms with Gasteiger partial charge in [0.05, 0.1) is 19.8 Å². The number of ether oxygens (including phenoxy) is 3. The number of aromatic nitrogens is 1. The average molecular weight is 521 g/mol.